The summed E-state index contributed by atoms with van der Waals surface area (Å²) in [6.45, 7) is 4.24. The molecule has 1 aromatic carbocycles. The van der Waals surface area contributed by atoms with Gasteiger partial charge in [0.25, 0.3) is 0 Å². The molecule has 0 bridgehead atoms. The highest BCUT2D eigenvalue weighted by Gasteiger charge is 2.26. The number of amides is 2. The fourth-order valence-electron chi connectivity index (χ4n) is 4.04. The highest BCUT2D eigenvalue weighted by atomic mass is 35.5. The molecular weight excluding hydrogens is 453 g/mol. The average Bonchev–Trinajstić information content (AvgIpc) is 2.96. The Morgan fingerprint density at radius 1 is 1.03 bits per heavy atom. The first kappa shape index (κ1) is 25.0. The molecule has 9 heteroatoms. The Kier molecular flexibility index (Phi) is 9.37. The summed E-state index contributed by atoms with van der Waals surface area (Å²) in [4.78, 5) is 30.8. The van der Waals surface area contributed by atoms with Crippen LogP contribution in [0, 0.1) is 0 Å². The van der Waals surface area contributed by atoms with E-state index in [2.05, 4.69) is 4.90 Å². The van der Waals surface area contributed by atoms with Crippen LogP contribution in [0.3, 0.4) is 0 Å². The first-order chi connectivity index (χ1) is 15.3. The van der Waals surface area contributed by atoms with Crippen molar-refractivity contribution in [2.24, 2.45) is 0 Å². The quantitative estimate of drug-likeness (QED) is 0.459. The van der Waals surface area contributed by atoms with E-state index in [1.807, 2.05) is 4.90 Å². The fourth-order valence-corrected chi connectivity index (χ4v) is 4.34. The number of hydrogen-bond donors (Lipinski definition) is 2. The van der Waals surface area contributed by atoms with Gasteiger partial charge >= 0.3 is 0 Å². The van der Waals surface area contributed by atoms with Crippen molar-refractivity contribution in [1.29, 1.82) is 0 Å². The Morgan fingerprint density at radius 2 is 1.81 bits per heavy atom. The summed E-state index contributed by atoms with van der Waals surface area (Å²) in [5.74, 6) is -0.0538. The van der Waals surface area contributed by atoms with Gasteiger partial charge in [-0.2, -0.15) is 0 Å². The molecule has 32 heavy (non-hydrogen) atoms. The van der Waals surface area contributed by atoms with Crippen molar-refractivity contribution in [2.75, 3.05) is 45.8 Å². The summed E-state index contributed by atoms with van der Waals surface area (Å²) >= 11 is 11.9. The maximum atomic E-state index is 12.6. The van der Waals surface area contributed by atoms with E-state index in [1.165, 1.54) is 6.08 Å². The molecule has 2 N–H and O–H groups in total. The highest BCUT2D eigenvalue weighted by molar-refractivity contribution is 6.42. The lowest BCUT2D eigenvalue weighted by Crippen LogP contribution is -2.46. The van der Waals surface area contributed by atoms with Gasteiger partial charge in [-0.05, 0) is 49.6 Å². The van der Waals surface area contributed by atoms with Crippen LogP contribution in [0.25, 0.3) is 6.08 Å². The molecule has 1 aromatic rings. The van der Waals surface area contributed by atoms with Crippen LogP contribution in [0.4, 0.5) is 0 Å². The van der Waals surface area contributed by atoms with Crippen molar-refractivity contribution in [2.45, 2.75) is 37.9 Å². The van der Waals surface area contributed by atoms with Crippen LogP contribution < -0.4 is 0 Å². The number of nitrogens with zero attached hydrogens (tertiary/aromatic N) is 3. The summed E-state index contributed by atoms with van der Waals surface area (Å²) in [5.41, 5.74) is 0.788. The number of carbonyl (C=O) groups is 2. The molecule has 0 aliphatic carbocycles. The second-order valence-electron chi connectivity index (χ2n) is 8.39. The average molecular weight is 484 g/mol. The first-order valence-electron chi connectivity index (χ1n) is 11.1. The number of aliphatic hydroxyl groups excluding tert-OH is 2. The Morgan fingerprint density at radius 3 is 2.56 bits per heavy atom. The topological polar surface area (TPSA) is 84.3 Å². The first-order valence-corrected chi connectivity index (χ1v) is 11.9. The number of halogens is 2. The molecule has 2 fully saturated rings. The number of rotatable bonds is 7. The number of aliphatic hydroxyl groups is 2. The van der Waals surface area contributed by atoms with Gasteiger partial charge in [0, 0.05) is 51.8 Å². The molecule has 2 atom stereocenters. The van der Waals surface area contributed by atoms with Gasteiger partial charge in [-0.15, -0.1) is 0 Å². The summed E-state index contributed by atoms with van der Waals surface area (Å²) in [6.07, 6.45) is 4.61. The number of hydrogen-bond acceptors (Lipinski definition) is 5. The molecule has 0 spiro atoms. The van der Waals surface area contributed by atoms with Crippen molar-refractivity contribution < 1.29 is 19.8 Å². The third kappa shape index (κ3) is 7.18. The summed E-state index contributed by atoms with van der Waals surface area (Å²) < 4.78 is 0. The molecule has 0 saturated carbocycles. The predicted octanol–water partition coefficient (Wildman–Crippen LogP) is 2.28. The minimum atomic E-state index is -0.676. The van der Waals surface area contributed by atoms with E-state index in [4.69, 9.17) is 23.2 Å². The van der Waals surface area contributed by atoms with Gasteiger partial charge in [-0.25, -0.2) is 0 Å². The maximum absolute atomic E-state index is 12.6. The molecule has 2 aliphatic heterocycles. The van der Waals surface area contributed by atoms with E-state index in [-0.39, 0.29) is 11.8 Å². The van der Waals surface area contributed by atoms with E-state index in [1.54, 1.807) is 29.2 Å². The third-order valence-corrected chi connectivity index (χ3v) is 6.78. The van der Waals surface area contributed by atoms with Gasteiger partial charge in [0.05, 0.1) is 22.3 Å². The van der Waals surface area contributed by atoms with E-state index in [9.17, 15) is 19.8 Å². The largest absolute Gasteiger partial charge is 0.390 e. The smallest absolute Gasteiger partial charge is 0.246 e. The van der Waals surface area contributed by atoms with Gasteiger partial charge in [-0.3, -0.25) is 9.59 Å². The normalized spacial score (nSPS) is 23.1. The Hall–Kier alpha value is -1.64. The van der Waals surface area contributed by atoms with Crippen LogP contribution in [0.5, 0.6) is 0 Å². The maximum Gasteiger partial charge on any atom is 0.246 e. The number of piperidine rings is 1. The Labute approximate surface area is 199 Å². The van der Waals surface area contributed by atoms with Crippen molar-refractivity contribution in [3.05, 3.63) is 39.9 Å². The second kappa shape index (κ2) is 12.0. The minimum absolute atomic E-state index is 0.0743. The van der Waals surface area contributed by atoms with Crippen molar-refractivity contribution in [3.8, 4) is 0 Å². The molecule has 3 rings (SSSR count). The highest BCUT2D eigenvalue weighted by Crippen LogP contribution is 2.23. The summed E-state index contributed by atoms with van der Waals surface area (Å²) in [6, 6.07) is 5.18. The third-order valence-electron chi connectivity index (χ3n) is 6.04. The van der Waals surface area contributed by atoms with Gasteiger partial charge < -0.3 is 24.9 Å². The molecule has 2 aliphatic rings. The van der Waals surface area contributed by atoms with E-state index < -0.39 is 12.2 Å². The van der Waals surface area contributed by atoms with Crippen molar-refractivity contribution in [1.82, 2.24) is 14.7 Å². The van der Waals surface area contributed by atoms with Crippen LogP contribution in [0.15, 0.2) is 24.3 Å². The molecule has 0 aromatic heterocycles. The number of unbranched alkanes of at least 4 members (excludes halogenated alkanes) is 1. The molecule has 2 unspecified atom stereocenters. The minimum Gasteiger partial charge on any atom is -0.390 e. The summed E-state index contributed by atoms with van der Waals surface area (Å²) in [5, 5.41) is 20.3. The Balaban J connectivity index is 1.41. The molecule has 176 valence electrons. The summed E-state index contributed by atoms with van der Waals surface area (Å²) in [7, 11) is 0. The van der Waals surface area contributed by atoms with Crippen LogP contribution in [0.1, 0.15) is 31.2 Å². The van der Waals surface area contributed by atoms with E-state index in [0.717, 1.165) is 31.5 Å². The monoisotopic (exact) mass is 483 g/mol. The van der Waals surface area contributed by atoms with Gasteiger partial charge in [0.15, 0.2) is 0 Å². The van der Waals surface area contributed by atoms with Crippen LogP contribution in [-0.2, 0) is 9.59 Å². The lowest BCUT2D eigenvalue weighted by Gasteiger charge is -2.33. The Bertz CT molecular complexity index is 835. The van der Waals surface area contributed by atoms with Gasteiger partial charge in [0.1, 0.15) is 0 Å². The van der Waals surface area contributed by atoms with Crippen LogP contribution in [-0.4, -0.2) is 94.7 Å². The SMILES string of the molecule is O=C(C=Cc1ccc(Cl)c(Cl)c1)N1CCC(=O)N(CCCCN2CCC(O)C(O)C2)CC1. The second-order valence-corrected chi connectivity index (χ2v) is 9.21. The van der Waals surface area contributed by atoms with Crippen LogP contribution in [0.2, 0.25) is 10.0 Å². The lowest BCUT2D eigenvalue weighted by atomic mass is 10.0. The number of β-amino-alcohol motifs (C(OH)–C–C–N with tert-alkyl or cyclic N) is 1. The van der Waals surface area contributed by atoms with Crippen LogP contribution >= 0.6 is 23.2 Å². The van der Waals surface area contributed by atoms with Crippen molar-refractivity contribution in [3.63, 3.8) is 0 Å². The molecule has 7 nitrogen and oxygen atoms in total. The molecular formula is C23H31Cl2N3O4. The lowest BCUT2D eigenvalue weighted by molar-refractivity contribution is -0.130. The fraction of sp³-hybridized carbons (Fsp3) is 0.565. The zero-order valence-electron chi connectivity index (χ0n) is 18.1. The molecule has 2 saturated heterocycles. The zero-order chi connectivity index (χ0) is 23.1. The van der Waals surface area contributed by atoms with E-state index >= 15 is 0 Å². The van der Waals surface area contributed by atoms with Gasteiger partial charge in [-0.1, -0.05) is 29.3 Å². The number of likely N-dealkylation sites (tertiary alicyclic amines) is 1. The van der Waals surface area contributed by atoms with Gasteiger partial charge in [0.2, 0.25) is 11.8 Å². The van der Waals surface area contributed by atoms with E-state index in [0.29, 0.717) is 55.6 Å². The number of carbonyl (C=O) groups excluding carboxylic acids is 2. The molecule has 2 heterocycles. The molecule has 2 amide bonds. The zero-order valence-corrected chi connectivity index (χ0v) is 19.6. The molecule has 0 radical (unpaired) electrons. The standard InChI is InChI=1S/C23H31Cl2N3O4/c24-18-5-3-17(15-19(18)25)4-6-22(31)28-12-8-23(32)27(13-14-28)10-2-1-9-26-11-7-20(29)21(30)16-26/h3-6,15,20-21,29-30H,1-2,7-14,16H2. The number of benzene rings is 1. The van der Waals surface area contributed by atoms with Crippen molar-refractivity contribution >= 4 is 41.1 Å². The predicted molar refractivity (Wildman–Crippen MR) is 126 cm³/mol.